The Kier molecular flexibility index (Phi) is 3.20. The number of hydrogen-bond acceptors (Lipinski definition) is 5. The second-order valence-electron chi connectivity index (χ2n) is 4.83. The zero-order chi connectivity index (χ0) is 13.5. The number of nitrogens with zero attached hydrogens (tertiary/aromatic N) is 2. The summed E-state index contributed by atoms with van der Waals surface area (Å²) in [5.41, 5.74) is 2.28. The number of aryl methyl sites for hydroxylation is 1. The van der Waals surface area contributed by atoms with Crippen LogP contribution in [-0.4, -0.2) is 26.6 Å². The minimum Gasteiger partial charge on any atom is -0.369 e. The summed E-state index contributed by atoms with van der Waals surface area (Å²) in [6.45, 7) is 3.79. The Bertz CT molecular complexity index is 629. The quantitative estimate of drug-likeness (QED) is 0.923. The van der Waals surface area contributed by atoms with Gasteiger partial charge in [-0.1, -0.05) is 41.6 Å². The third-order valence-corrected chi connectivity index (χ3v) is 5.00. The molecule has 3 rings (SSSR count). The fourth-order valence-electron chi connectivity index (χ4n) is 1.82. The van der Waals surface area contributed by atoms with Gasteiger partial charge < -0.3 is 5.11 Å². The van der Waals surface area contributed by atoms with E-state index in [1.807, 2.05) is 5.38 Å². The van der Waals surface area contributed by atoms with Crippen molar-refractivity contribution in [3.8, 4) is 10.6 Å². The van der Waals surface area contributed by atoms with Crippen LogP contribution < -0.4 is 0 Å². The first-order valence-corrected chi connectivity index (χ1v) is 7.88. The highest BCUT2D eigenvalue weighted by Crippen LogP contribution is 2.31. The molecule has 3 nitrogen and oxygen atoms in total. The lowest BCUT2D eigenvalue weighted by atomic mass is 10.2. The number of hydrogen-bond donors (Lipinski definition) is 1. The first-order chi connectivity index (χ1) is 9.03. The normalized spacial score (nSPS) is 22.6. The van der Waals surface area contributed by atoms with Gasteiger partial charge in [-0.2, -0.15) is 0 Å². The number of aromatic nitrogens is 1. The topological polar surface area (TPSA) is 45.5 Å². The van der Waals surface area contributed by atoms with E-state index in [-0.39, 0.29) is 0 Å². The van der Waals surface area contributed by atoms with Gasteiger partial charge in [-0.3, -0.25) is 0 Å². The lowest BCUT2D eigenvalue weighted by Gasteiger charge is -2.08. The number of rotatable bonds is 2. The van der Waals surface area contributed by atoms with Gasteiger partial charge in [0.2, 0.25) is 0 Å². The number of thioether (sulfide) groups is 1. The molecule has 1 aromatic heterocycles. The van der Waals surface area contributed by atoms with E-state index in [4.69, 9.17) is 0 Å². The molecule has 0 bridgehead atoms. The molecule has 0 fully saturated rings. The van der Waals surface area contributed by atoms with Crippen LogP contribution in [0.3, 0.4) is 0 Å². The maximum atomic E-state index is 9.85. The number of aliphatic hydroxyl groups is 1. The van der Waals surface area contributed by atoms with Gasteiger partial charge in [0, 0.05) is 16.7 Å². The van der Waals surface area contributed by atoms with Crippen LogP contribution in [0.25, 0.3) is 10.6 Å². The molecule has 1 aliphatic rings. The Labute approximate surface area is 120 Å². The summed E-state index contributed by atoms with van der Waals surface area (Å²) in [5, 5.41) is 13.7. The summed E-state index contributed by atoms with van der Waals surface area (Å²) in [4.78, 5) is 8.90. The number of aliphatic imine (C=N–C) groups is 1. The summed E-state index contributed by atoms with van der Waals surface area (Å²) in [5.74, 6) is 0.597. The van der Waals surface area contributed by atoms with E-state index in [0.717, 1.165) is 21.3 Å². The predicted octanol–water partition coefficient (Wildman–Crippen LogP) is 3.32. The fraction of sp³-hybridized carbons (Fsp3) is 0.286. The van der Waals surface area contributed by atoms with Gasteiger partial charge in [0.1, 0.15) is 15.7 Å². The van der Waals surface area contributed by atoms with Crippen LogP contribution in [0.2, 0.25) is 0 Å². The van der Waals surface area contributed by atoms with Crippen LogP contribution in [0, 0.1) is 6.92 Å². The lowest BCUT2D eigenvalue weighted by Crippen LogP contribution is -2.20. The van der Waals surface area contributed by atoms with Crippen molar-refractivity contribution in [1.29, 1.82) is 0 Å². The van der Waals surface area contributed by atoms with Crippen molar-refractivity contribution in [3.05, 3.63) is 40.9 Å². The number of thiazole rings is 1. The molecular weight excluding hydrogens is 276 g/mol. The SMILES string of the molecule is Cc1ccc(-c2nc(C3=NC(C)(O)CS3)cs2)cc1. The maximum Gasteiger partial charge on any atom is 0.163 e. The van der Waals surface area contributed by atoms with Crippen molar-refractivity contribution in [2.45, 2.75) is 19.6 Å². The zero-order valence-electron chi connectivity index (χ0n) is 10.8. The molecule has 0 aliphatic carbocycles. The molecule has 1 N–H and O–H groups in total. The second-order valence-corrected chi connectivity index (χ2v) is 6.65. The molecule has 1 atom stereocenters. The van der Waals surface area contributed by atoms with Gasteiger partial charge in [-0.05, 0) is 13.8 Å². The van der Waals surface area contributed by atoms with Crippen molar-refractivity contribution in [2.75, 3.05) is 5.75 Å². The summed E-state index contributed by atoms with van der Waals surface area (Å²) in [7, 11) is 0. The highest BCUT2D eigenvalue weighted by molar-refractivity contribution is 8.14. The summed E-state index contributed by atoms with van der Waals surface area (Å²) in [6.07, 6.45) is 0. The lowest BCUT2D eigenvalue weighted by molar-refractivity contribution is 0.0989. The van der Waals surface area contributed by atoms with Crippen molar-refractivity contribution >= 4 is 28.1 Å². The van der Waals surface area contributed by atoms with Crippen LogP contribution >= 0.6 is 23.1 Å². The minimum atomic E-state index is -0.951. The molecule has 0 radical (unpaired) electrons. The summed E-state index contributed by atoms with van der Waals surface area (Å²) in [6, 6.07) is 8.33. The molecule has 0 amide bonds. The number of benzene rings is 1. The Morgan fingerprint density at radius 3 is 2.63 bits per heavy atom. The highest BCUT2D eigenvalue weighted by atomic mass is 32.2. The van der Waals surface area contributed by atoms with Crippen molar-refractivity contribution < 1.29 is 5.11 Å². The summed E-state index contributed by atoms with van der Waals surface area (Å²) < 4.78 is 0. The van der Waals surface area contributed by atoms with Crippen molar-refractivity contribution in [2.24, 2.45) is 4.99 Å². The third-order valence-electron chi connectivity index (χ3n) is 2.85. The first-order valence-electron chi connectivity index (χ1n) is 6.01. The molecule has 2 aromatic rings. The molecule has 98 valence electrons. The molecule has 2 heterocycles. The summed E-state index contributed by atoms with van der Waals surface area (Å²) >= 11 is 3.17. The maximum absolute atomic E-state index is 9.85. The van der Waals surface area contributed by atoms with Gasteiger partial charge in [0.05, 0.1) is 0 Å². The van der Waals surface area contributed by atoms with E-state index in [2.05, 4.69) is 41.2 Å². The Hall–Kier alpha value is -1.17. The molecule has 1 aromatic carbocycles. The van der Waals surface area contributed by atoms with Crippen LogP contribution in [0.15, 0.2) is 34.6 Å². The molecule has 1 unspecified atom stereocenters. The molecule has 19 heavy (non-hydrogen) atoms. The van der Waals surface area contributed by atoms with Gasteiger partial charge in [0.15, 0.2) is 5.72 Å². The first kappa shape index (κ1) is 12.8. The smallest absolute Gasteiger partial charge is 0.163 e. The van der Waals surface area contributed by atoms with E-state index < -0.39 is 5.72 Å². The van der Waals surface area contributed by atoms with Gasteiger partial charge in [-0.15, -0.1) is 11.3 Å². The fourth-order valence-corrected chi connectivity index (χ4v) is 3.69. The van der Waals surface area contributed by atoms with E-state index in [1.54, 1.807) is 30.0 Å². The van der Waals surface area contributed by atoms with Crippen LogP contribution in [-0.2, 0) is 0 Å². The van der Waals surface area contributed by atoms with E-state index >= 15 is 0 Å². The third kappa shape index (κ3) is 2.73. The van der Waals surface area contributed by atoms with E-state index in [1.165, 1.54) is 5.56 Å². The van der Waals surface area contributed by atoms with E-state index in [9.17, 15) is 5.11 Å². The molecule has 0 saturated carbocycles. The Balaban J connectivity index is 1.90. The predicted molar refractivity (Wildman–Crippen MR) is 81.9 cm³/mol. The molecule has 0 saturated heterocycles. The Morgan fingerprint density at radius 2 is 2.00 bits per heavy atom. The van der Waals surface area contributed by atoms with Gasteiger partial charge >= 0.3 is 0 Å². The largest absolute Gasteiger partial charge is 0.369 e. The molecule has 0 spiro atoms. The average Bonchev–Trinajstić information content (AvgIpc) is 2.96. The Morgan fingerprint density at radius 1 is 1.26 bits per heavy atom. The van der Waals surface area contributed by atoms with Crippen molar-refractivity contribution in [1.82, 2.24) is 4.98 Å². The van der Waals surface area contributed by atoms with Gasteiger partial charge in [0.25, 0.3) is 0 Å². The van der Waals surface area contributed by atoms with Gasteiger partial charge in [-0.25, -0.2) is 9.98 Å². The second kappa shape index (κ2) is 4.74. The monoisotopic (exact) mass is 290 g/mol. The van der Waals surface area contributed by atoms with Crippen LogP contribution in [0.4, 0.5) is 0 Å². The molecule has 1 aliphatic heterocycles. The van der Waals surface area contributed by atoms with Crippen molar-refractivity contribution in [3.63, 3.8) is 0 Å². The molecule has 5 heteroatoms. The van der Waals surface area contributed by atoms with Crippen LogP contribution in [0.5, 0.6) is 0 Å². The standard InChI is InChI=1S/C14H14N2OS2/c1-9-3-5-10(6-4-9)12-15-11(7-18-12)13-16-14(2,17)8-19-13/h3-7,17H,8H2,1-2H3. The average molecular weight is 290 g/mol. The van der Waals surface area contributed by atoms with Crippen LogP contribution in [0.1, 0.15) is 18.2 Å². The minimum absolute atomic E-state index is 0.597. The van der Waals surface area contributed by atoms with E-state index in [0.29, 0.717) is 5.75 Å². The zero-order valence-corrected chi connectivity index (χ0v) is 12.4. The molecular formula is C14H14N2OS2. The highest BCUT2D eigenvalue weighted by Gasteiger charge is 2.29.